The average Bonchev–Trinajstić information content (AvgIpc) is 3.20. The summed E-state index contributed by atoms with van der Waals surface area (Å²) in [4.78, 5) is 15.7. The first kappa shape index (κ1) is 18.1. The summed E-state index contributed by atoms with van der Waals surface area (Å²) >= 11 is 0. The van der Waals surface area contributed by atoms with Gasteiger partial charge in [0.2, 0.25) is 5.95 Å². The molecule has 0 amide bonds. The van der Waals surface area contributed by atoms with Gasteiger partial charge in [0, 0.05) is 38.4 Å². The standard InChI is InChI=1S/C17H20F3N5O2/c18-17(19,20)12-1-2-21-15(12)13-11-14(24-3-7-26-8-4-24)23-16(22-13)25-5-9-27-10-6-25/h1-2,11,21H,3-10H2. The van der Waals surface area contributed by atoms with E-state index in [1.807, 2.05) is 9.80 Å². The Morgan fingerprint density at radius 2 is 1.56 bits per heavy atom. The summed E-state index contributed by atoms with van der Waals surface area (Å²) < 4.78 is 50.8. The minimum Gasteiger partial charge on any atom is -0.378 e. The minimum atomic E-state index is -4.46. The van der Waals surface area contributed by atoms with Crippen molar-refractivity contribution in [3.63, 3.8) is 0 Å². The van der Waals surface area contributed by atoms with E-state index in [4.69, 9.17) is 9.47 Å². The predicted molar refractivity (Wildman–Crippen MR) is 92.9 cm³/mol. The number of rotatable bonds is 3. The number of hydrogen-bond donors (Lipinski definition) is 1. The number of halogens is 3. The van der Waals surface area contributed by atoms with Crippen LogP contribution in [0, 0.1) is 0 Å². The number of nitrogens with one attached hydrogen (secondary N) is 1. The van der Waals surface area contributed by atoms with E-state index < -0.39 is 11.7 Å². The molecule has 1 N–H and O–H groups in total. The maximum absolute atomic E-state index is 13.4. The number of aromatic nitrogens is 3. The first-order valence-electron chi connectivity index (χ1n) is 8.82. The van der Waals surface area contributed by atoms with Crippen molar-refractivity contribution in [3.05, 3.63) is 23.9 Å². The van der Waals surface area contributed by atoms with Crippen LogP contribution in [0.25, 0.3) is 11.4 Å². The third-order valence-electron chi connectivity index (χ3n) is 4.64. The number of nitrogens with zero attached hydrogens (tertiary/aromatic N) is 4. The Bertz CT molecular complexity index is 747. The minimum absolute atomic E-state index is 0.0473. The second kappa shape index (κ2) is 7.35. The zero-order valence-corrected chi connectivity index (χ0v) is 14.6. The van der Waals surface area contributed by atoms with Crippen molar-refractivity contribution in [3.8, 4) is 11.4 Å². The molecular formula is C17H20F3N5O2. The van der Waals surface area contributed by atoms with Gasteiger partial charge in [-0.1, -0.05) is 0 Å². The van der Waals surface area contributed by atoms with Gasteiger partial charge in [0.15, 0.2) is 0 Å². The number of aromatic amines is 1. The zero-order valence-electron chi connectivity index (χ0n) is 14.6. The van der Waals surface area contributed by atoms with Crippen LogP contribution in [-0.2, 0) is 15.7 Å². The highest BCUT2D eigenvalue weighted by Gasteiger charge is 2.35. The van der Waals surface area contributed by atoms with Crippen molar-refractivity contribution in [2.75, 3.05) is 62.4 Å². The second-order valence-electron chi connectivity index (χ2n) is 6.37. The summed E-state index contributed by atoms with van der Waals surface area (Å²) in [6.07, 6.45) is -3.18. The van der Waals surface area contributed by atoms with Gasteiger partial charge in [0.05, 0.1) is 43.4 Å². The van der Waals surface area contributed by atoms with E-state index in [0.29, 0.717) is 64.4 Å². The Balaban J connectivity index is 1.77. The van der Waals surface area contributed by atoms with E-state index in [-0.39, 0.29) is 11.4 Å². The lowest BCUT2D eigenvalue weighted by atomic mass is 10.1. The molecule has 0 aromatic carbocycles. The van der Waals surface area contributed by atoms with Crippen molar-refractivity contribution in [1.29, 1.82) is 0 Å². The molecular weight excluding hydrogens is 363 g/mol. The van der Waals surface area contributed by atoms with E-state index in [2.05, 4.69) is 15.0 Å². The van der Waals surface area contributed by atoms with Gasteiger partial charge < -0.3 is 24.3 Å². The summed E-state index contributed by atoms with van der Waals surface area (Å²) in [7, 11) is 0. The van der Waals surface area contributed by atoms with Crippen LogP contribution in [0.1, 0.15) is 5.56 Å². The van der Waals surface area contributed by atoms with Crippen molar-refractivity contribution in [2.24, 2.45) is 0 Å². The number of alkyl halides is 3. The molecule has 0 unspecified atom stereocenters. The Kier molecular flexibility index (Phi) is 4.92. The SMILES string of the molecule is FC(F)(F)c1cc[nH]c1-c1cc(N2CCOCC2)nc(N2CCOCC2)n1. The van der Waals surface area contributed by atoms with E-state index in [9.17, 15) is 13.2 Å². The molecule has 0 aliphatic carbocycles. The molecule has 10 heteroatoms. The fourth-order valence-electron chi connectivity index (χ4n) is 3.23. The highest BCUT2D eigenvalue weighted by molar-refractivity contribution is 5.66. The molecule has 0 spiro atoms. The summed E-state index contributed by atoms with van der Waals surface area (Å²) in [6, 6.07) is 2.64. The molecule has 4 rings (SSSR count). The van der Waals surface area contributed by atoms with Crippen LogP contribution in [-0.4, -0.2) is 67.6 Å². The summed E-state index contributed by atoms with van der Waals surface area (Å²) in [5.74, 6) is 1.02. The smallest absolute Gasteiger partial charge is 0.378 e. The lowest BCUT2D eigenvalue weighted by Gasteiger charge is -2.31. The third kappa shape index (κ3) is 3.86. The first-order valence-corrected chi connectivity index (χ1v) is 8.82. The molecule has 2 aliphatic heterocycles. The number of ether oxygens (including phenoxy) is 2. The van der Waals surface area contributed by atoms with Crippen LogP contribution in [0.3, 0.4) is 0 Å². The van der Waals surface area contributed by atoms with Gasteiger partial charge in [-0.05, 0) is 6.07 Å². The zero-order chi connectivity index (χ0) is 18.9. The van der Waals surface area contributed by atoms with Crippen LogP contribution in [0.5, 0.6) is 0 Å². The van der Waals surface area contributed by atoms with E-state index >= 15 is 0 Å². The van der Waals surface area contributed by atoms with Crippen molar-refractivity contribution < 1.29 is 22.6 Å². The van der Waals surface area contributed by atoms with Gasteiger partial charge in [0.25, 0.3) is 0 Å². The molecule has 7 nitrogen and oxygen atoms in total. The molecule has 146 valence electrons. The van der Waals surface area contributed by atoms with Crippen molar-refractivity contribution in [1.82, 2.24) is 15.0 Å². The quantitative estimate of drug-likeness (QED) is 0.876. The highest BCUT2D eigenvalue weighted by Crippen LogP contribution is 2.37. The first-order chi connectivity index (χ1) is 13.0. The normalized spacial score (nSPS) is 18.8. The molecule has 2 fully saturated rings. The highest BCUT2D eigenvalue weighted by atomic mass is 19.4. The van der Waals surface area contributed by atoms with Gasteiger partial charge >= 0.3 is 6.18 Å². The summed E-state index contributed by atoms with van der Waals surface area (Å²) in [5.41, 5.74) is -0.554. The van der Waals surface area contributed by atoms with Gasteiger partial charge in [-0.15, -0.1) is 0 Å². The van der Waals surface area contributed by atoms with Gasteiger partial charge in [-0.25, -0.2) is 4.98 Å². The van der Waals surface area contributed by atoms with Crippen LogP contribution in [0.2, 0.25) is 0 Å². The van der Waals surface area contributed by atoms with Crippen molar-refractivity contribution >= 4 is 11.8 Å². The molecule has 0 atom stereocenters. The van der Waals surface area contributed by atoms with Crippen molar-refractivity contribution in [2.45, 2.75) is 6.18 Å². The molecule has 2 aliphatic rings. The Morgan fingerprint density at radius 3 is 2.19 bits per heavy atom. The Morgan fingerprint density at radius 1 is 0.926 bits per heavy atom. The molecule has 0 saturated carbocycles. The lowest BCUT2D eigenvalue weighted by Crippen LogP contribution is -2.39. The van der Waals surface area contributed by atoms with Crippen LogP contribution >= 0.6 is 0 Å². The molecule has 0 radical (unpaired) electrons. The maximum Gasteiger partial charge on any atom is 0.418 e. The average molecular weight is 383 g/mol. The van der Waals surface area contributed by atoms with E-state index in [0.717, 1.165) is 6.07 Å². The molecule has 4 heterocycles. The van der Waals surface area contributed by atoms with Crippen LogP contribution < -0.4 is 9.80 Å². The number of H-pyrrole nitrogens is 1. The monoisotopic (exact) mass is 383 g/mol. The summed E-state index contributed by atoms with van der Waals surface area (Å²) in [5, 5.41) is 0. The number of morpholine rings is 2. The molecule has 2 aromatic heterocycles. The van der Waals surface area contributed by atoms with Gasteiger partial charge in [-0.3, -0.25) is 0 Å². The fraction of sp³-hybridized carbons (Fsp3) is 0.529. The molecule has 27 heavy (non-hydrogen) atoms. The van der Waals surface area contributed by atoms with E-state index in [1.165, 1.54) is 6.20 Å². The maximum atomic E-state index is 13.4. The molecule has 0 bridgehead atoms. The number of anilines is 2. The predicted octanol–water partition coefficient (Wildman–Crippen LogP) is 2.16. The third-order valence-corrected chi connectivity index (χ3v) is 4.64. The Labute approximate surface area is 154 Å². The van der Waals surface area contributed by atoms with Crippen LogP contribution in [0.4, 0.5) is 24.9 Å². The summed E-state index contributed by atoms with van der Waals surface area (Å²) in [6.45, 7) is 4.66. The molecule has 2 saturated heterocycles. The fourth-order valence-corrected chi connectivity index (χ4v) is 3.23. The van der Waals surface area contributed by atoms with Gasteiger partial charge in [0.1, 0.15) is 5.82 Å². The lowest BCUT2D eigenvalue weighted by molar-refractivity contribution is -0.137. The van der Waals surface area contributed by atoms with E-state index in [1.54, 1.807) is 6.07 Å². The van der Waals surface area contributed by atoms with Crippen LogP contribution in [0.15, 0.2) is 18.3 Å². The molecule has 2 aromatic rings. The largest absolute Gasteiger partial charge is 0.418 e. The Hall–Kier alpha value is -2.33. The topological polar surface area (TPSA) is 66.5 Å². The second-order valence-corrected chi connectivity index (χ2v) is 6.37. The number of hydrogen-bond acceptors (Lipinski definition) is 6. The van der Waals surface area contributed by atoms with Gasteiger partial charge in [-0.2, -0.15) is 18.2 Å².